The largest absolute Gasteiger partial charge is 0.309 e. The molecule has 0 amide bonds. The topological polar surface area (TPSA) is 35.6 Å². The van der Waals surface area contributed by atoms with Crippen molar-refractivity contribution < 1.29 is 0 Å². The maximum absolute atomic E-state index is 5.19. The molecular formula is C56H34N4. The molecule has 0 atom stereocenters. The third-order valence-corrected chi connectivity index (χ3v) is 12.5. The lowest BCUT2D eigenvalue weighted by Gasteiger charge is -2.16. The highest BCUT2D eigenvalue weighted by molar-refractivity contribution is 6.45. The van der Waals surface area contributed by atoms with Crippen LogP contribution in [0.5, 0.6) is 0 Å². The number of aromatic nitrogens is 4. The molecule has 0 N–H and O–H groups in total. The normalized spacial score (nSPS) is 12.0. The predicted octanol–water partition coefficient (Wildman–Crippen LogP) is 14.6. The molecule has 0 aliphatic heterocycles. The quantitative estimate of drug-likeness (QED) is 0.167. The minimum absolute atomic E-state index is 0.724. The van der Waals surface area contributed by atoms with Gasteiger partial charge in [0.05, 0.1) is 33.3 Å². The second-order valence-corrected chi connectivity index (χ2v) is 15.7. The minimum Gasteiger partial charge on any atom is -0.309 e. The van der Waals surface area contributed by atoms with Gasteiger partial charge in [-0.05, 0) is 58.6 Å². The van der Waals surface area contributed by atoms with Gasteiger partial charge in [0.15, 0.2) is 5.82 Å². The van der Waals surface area contributed by atoms with Gasteiger partial charge in [-0.2, -0.15) is 0 Å². The summed E-state index contributed by atoms with van der Waals surface area (Å²) in [5, 5.41) is 13.6. The van der Waals surface area contributed by atoms with E-state index in [0.717, 1.165) is 44.9 Å². The van der Waals surface area contributed by atoms with E-state index < -0.39 is 0 Å². The van der Waals surface area contributed by atoms with Crippen LogP contribution in [0.4, 0.5) is 0 Å². The standard InChI is InChI=1S/C56H34N4/c1-3-17-36(18-4-1)56-57-46-28-14-11-25-43(46)53(58-56)35-31-33-38(34-32-35)60-48-30-16-13-27-45(48)51-52-49(40-22-8-10-24-42(40)55(51)60)39-21-7-9-23-41(39)54-50(52)44-26-12-15-29-47(44)59(54)37-19-5-2-6-20-37/h1-34H. The SMILES string of the molecule is c1ccc(-c2nc(-c3ccc(-n4c5ccccc5c5c6c(c7ccccc7c7c6c6ccccc6n7-c6ccccc6)c6ccccc6c54)cc3)c3ccccc3n2)cc1. The monoisotopic (exact) mass is 762 g/mol. The Morgan fingerprint density at radius 3 is 1.32 bits per heavy atom. The first-order chi connectivity index (χ1) is 29.8. The van der Waals surface area contributed by atoms with Crippen LogP contribution in [0.15, 0.2) is 206 Å². The van der Waals surface area contributed by atoms with Crippen LogP contribution in [0.1, 0.15) is 0 Å². The molecule has 4 nitrogen and oxygen atoms in total. The molecule has 278 valence electrons. The molecule has 0 radical (unpaired) electrons. The summed E-state index contributed by atoms with van der Waals surface area (Å²) < 4.78 is 4.96. The Kier molecular flexibility index (Phi) is 6.98. The van der Waals surface area contributed by atoms with Crippen LogP contribution in [0.25, 0.3) is 121 Å². The average molecular weight is 763 g/mol. The molecule has 10 aromatic carbocycles. The highest BCUT2D eigenvalue weighted by atomic mass is 15.0. The van der Waals surface area contributed by atoms with Crippen LogP contribution in [-0.4, -0.2) is 19.1 Å². The van der Waals surface area contributed by atoms with Crippen LogP contribution >= 0.6 is 0 Å². The molecule has 13 rings (SSSR count). The average Bonchev–Trinajstić information content (AvgIpc) is 3.86. The second kappa shape index (κ2) is 12.7. The van der Waals surface area contributed by atoms with Crippen LogP contribution < -0.4 is 0 Å². The highest BCUT2D eigenvalue weighted by Crippen LogP contribution is 2.50. The maximum atomic E-state index is 5.19. The molecule has 0 unspecified atom stereocenters. The molecule has 3 heterocycles. The van der Waals surface area contributed by atoms with E-state index in [1.54, 1.807) is 0 Å². The second-order valence-electron chi connectivity index (χ2n) is 15.7. The summed E-state index contributed by atoms with van der Waals surface area (Å²) in [6, 6.07) is 74.2. The molecule has 0 aliphatic carbocycles. The van der Waals surface area contributed by atoms with Crippen molar-refractivity contribution in [1.82, 2.24) is 19.1 Å². The Morgan fingerprint density at radius 2 is 0.733 bits per heavy atom. The zero-order valence-corrected chi connectivity index (χ0v) is 32.4. The van der Waals surface area contributed by atoms with Crippen LogP contribution in [0.3, 0.4) is 0 Å². The number of rotatable bonds is 4. The van der Waals surface area contributed by atoms with E-state index in [9.17, 15) is 0 Å². The Morgan fingerprint density at radius 1 is 0.283 bits per heavy atom. The summed E-state index contributed by atoms with van der Waals surface area (Å²) in [5.74, 6) is 0.724. The Hall–Kier alpha value is -8.08. The summed E-state index contributed by atoms with van der Waals surface area (Å²) >= 11 is 0. The van der Waals surface area contributed by atoms with Gasteiger partial charge in [0.25, 0.3) is 0 Å². The summed E-state index contributed by atoms with van der Waals surface area (Å²) in [6.45, 7) is 0. The third kappa shape index (κ3) is 4.61. The lowest BCUT2D eigenvalue weighted by molar-refractivity contribution is 1.18. The lowest BCUT2D eigenvalue weighted by atomic mass is 9.89. The van der Waals surface area contributed by atoms with E-state index in [0.29, 0.717) is 0 Å². The molecule has 3 aromatic heterocycles. The van der Waals surface area contributed by atoms with Gasteiger partial charge < -0.3 is 9.13 Å². The zero-order valence-electron chi connectivity index (χ0n) is 32.4. The minimum atomic E-state index is 0.724. The molecule has 0 spiro atoms. The van der Waals surface area contributed by atoms with Crippen molar-refractivity contribution in [3.8, 4) is 34.0 Å². The number of benzene rings is 10. The fourth-order valence-corrected chi connectivity index (χ4v) is 10.00. The lowest BCUT2D eigenvalue weighted by Crippen LogP contribution is -1.97. The number of para-hydroxylation sites is 4. The van der Waals surface area contributed by atoms with E-state index in [4.69, 9.17) is 9.97 Å². The predicted molar refractivity (Wildman–Crippen MR) is 252 cm³/mol. The molecule has 13 aromatic rings. The van der Waals surface area contributed by atoms with Crippen LogP contribution in [0, 0.1) is 0 Å². The fraction of sp³-hybridized carbons (Fsp3) is 0. The summed E-state index contributed by atoms with van der Waals surface area (Å²) in [6.07, 6.45) is 0. The molecule has 0 aliphatic rings. The number of nitrogens with zero attached hydrogens (tertiary/aromatic N) is 4. The van der Waals surface area contributed by atoms with Gasteiger partial charge in [0.2, 0.25) is 0 Å². The number of hydrogen-bond acceptors (Lipinski definition) is 2. The van der Waals surface area contributed by atoms with Crippen LogP contribution in [0.2, 0.25) is 0 Å². The first-order valence-corrected chi connectivity index (χ1v) is 20.5. The van der Waals surface area contributed by atoms with Gasteiger partial charge in [-0.1, -0.05) is 164 Å². The molecule has 60 heavy (non-hydrogen) atoms. The molecule has 0 bridgehead atoms. The van der Waals surface area contributed by atoms with Crippen molar-refractivity contribution in [2.75, 3.05) is 0 Å². The van der Waals surface area contributed by atoms with Gasteiger partial charge in [-0.15, -0.1) is 0 Å². The van der Waals surface area contributed by atoms with Crippen molar-refractivity contribution in [2.24, 2.45) is 0 Å². The van der Waals surface area contributed by atoms with Crippen LogP contribution in [-0.2, 0) is 0 Å². The fourth-order valence-electron chi connectivity index (χ4n) is 10.00. The molecule has 0 fully saturated rings. The maximum Gasteiger partial charge on any atom is 0.160 e. The van der Waals surface area contributed by atoms with E-state index in [2.05, 4.69) is 191 Å². The smallest absolute Gasteiger partial charge is 0.160 e. The van der Waals surface area contributed by atoms with Gasteiger partial charge in [-0.25, -0.2) is 9.97 Å². The Balaban J connectivity index is 1.16. The first-order valence-electron chi connectivity index (χ1n) is 20.5. The first kappa shape index (κ1) is 32.9. The Labute approximate surface area is 344 Å². The molecular weight excluding hydrogens is 729 g/mol. The van der Waals surface area contributed by atoms with Gasteiger partial charge in [0.1, 0.15) is 0 Å². The van der Waals surface area contributed by atoms with Crippen molar-refractivity contribution in [3.05, 3.63) is 206 Å². The Bertz CT molecular complexity index is 3860. The van der Waals surface area contributed by atoms with Gasteiger partial charge in [-0.3, -0.25) is 0 Å². The van der Waals surface area contributed by atoms with Crippen molar-refractivity contribution in [1.29, 1.82) is 0 Å². The third-order valence-electron chi connectivity index (χ3n) is 12.5. The van der Waals surface area contributed by atoms with Gasteiger partial charge >= 0.3 is 0 Å². The number of hydrogen-bond donors (Lipinski definition) is 0. The van der Waals surface area contributed by atoms with E-state index in [1.807, 2.05) is 24.3 Å². The molecule has 0 saturated heterocycles. The summed E-state index contributed by atoms with van der Waals surface area (Å²) in [4.78, 5) is 10.2. The molecule has 4 heteroatoms. The van der Waals surface area contributed by atoms with E-state index >= 15 is 0 Å². The molecule has 0 saturated carbocycles. The highest BCUT2D eigenvalue weighted by Gasteiger charge is 2.26. The zero-order chi connectivity index (χ0) is 39.3. The van der Waals surface area contributed by atoms with E-state index in [-0.39, 0.29) is 0 Å². The van der Waals surface area contributed by atoms with E-state index in [1.165, 1.54) is 75.9 Å². The summed E-state index contributed by atoms with van der Waals surface area (Å²) in [5.41, 5.74) is 11.0. The summed E-state index contributed by atoms with van der Waals surface area (Å²) in [7, 11) is 0. The van der Waals surface area contributed by atoms with Crippen molar-refractivity contribution in [2.45, 2.75) is 0 Å². The van der Waals surface area contributed by atoms with Crippen molar-refractivity contribution in [3.63, 3.8) is 0 Å². The van der Waals surface area contributed by atoms with Crippen molar-refractivity contribution >= 4 is 86.8 Å². The number of fused-ring (bicyclic) bond motifs is 16. The van der Waals surface area contributed by atoms with Gasteiger partial charge in [0, 0.05) is 65.6 Å².